The van der Waals surface area contributed by atoms with Crippen molar-refractivity contribution in [3.05, 3.63) is 16.1 Å². The highest BCUT2D eigenvalue weighted by molar-refractivity contribution is 7.11. The average Bonchev–Trinajstić information content (AvgIpc) is 2.70. The van der Waals surface area contributed by atoms with E-state index in [1.807, 2.05) is 19.9 Å². The fraction of sp³-hybridized carbons (Fsp3) is 0.545. The Morgan fingerprint density at radius 2 is 2.44 bits per heavy atom. The van der Waals surface area contributed by atoms with Crippen LogP contribution in [0.4, 0.5) is 0 Å². The summed E-state index contributed by atoms with van der Waals surface area (Å²) >= 11 is 1.55. The lowest BCUT2D eigenvalue weighted by Gasteiger charge is -2.17. The van der Waals surface area contributed by atoms with Crippen molar-refractivity contribution in [2.45, 2.75) is 33.7 Å². The van der Waals surface area contributed by atoms with Gasteiger partial charge in [-0.05, 0) is 20.3 Å². The van der Waals surface area contributed by atoms with Crippen LogP contribution >= 0.6 is 11.3 Å². The van der Waals surface area contributed by atoms with Gasteiger partial charge in [0.2, 0.25) is 5.91 Å². The molecule has 0 bridgehead atoms. The first-order valence-electron chi connectivity index (χ1n) is 5.12. The Hall–Kier alpha value is -1.41. The molecule has 0 saturated heterocycles. The minimum atomic E-state index is -0.938. The molecule has 0 aliphatic heterocycles. The maximum Gasteiger partial charge on any atom is 0.240 e. The first kappa shape index (κ1) is 12.7. The van der Waals surface area contributed by atoms with E-state index >= 15 is 0 Å². The molecule has 5 heteroatoms. The molecular formula is C11H15N3OS. The predicted octanol–water partition coefficient (Wildman–Crippen LogP) is 2.01. The lowest BCUT2D eigenvalue weighted by Crippen LogP contribution is -2.37. The number of aromatic nitrogens is 1. The number of hydrogen-bond acceptors (Lipinski definition) is 4. The number of thiazole rings is 1. The summed E-state index contributed by atoms with van der Waals surface area (Å²) in [6.07, 6.45) is 2.28. The SMILES string of the molecule is CCC(C)(C#N)C(=O)NCc1ncc(C)s1. The van der Waals surface area contributed by atoms with E-state index in [2.05, 4.69) is 10.3 Å². The van der Waals surface area contributed by atoms with Crippen molar-refractivity contribution in [3.8, 4) is 6.07 Å². The Morgan fingerprint density at radius 3 is 2.88 bits per heavy atom. The number of hydrogen-bond donors (Lipinski definition) is 1. The molecule has 1 atom stereocenters. The van der Waals surface area contributed by atoms with Crippen molar-refractivity contribution in [1.29, 1.82) is 5.26 Å². The van der Waals surface area contributed by atoms with Gasteiger partial charge in [-0.25, -0.2) is 4.98 Å². The number of rotatable bonds is 4. The van der Waals surface area contributed by atoms with Gasteiger partial charge >= 0.3 is 0 Å². The number of nitrogens with one attached hydrogen (secondary N) is 1. The second-order valence-electron chi connectivity index (χ2n) is 3.84. The van der Waals surface area contributed by atoms with Crippen LogP contribution in [0.3, 0.4) is 0 Å². The van der Waals surface area contributed by atoms with Crippen LogP contribution in [0.5, 0.6) is 0 Å². The quantitative estimate of drug-likeness (QED) is 0.871. The zero-order valence-corrected chi connectivity index (χ0v) is 10.5. The van der Waals surface area contributed by atoms with E-state index in [9.17, 15) is 4.79 Å². The van der Waals surface area contributed by atoms with Crippen LogP contribution < -0.4 is 5.32 Å². The highest BCUT2D eigenvalue weighted by Crippen LogP contribution is 2.20. The van der Waals surface area contributed by atoms with Gasteiger partial charge in [-0.3, -0.25) is 4.79 Å². The van der Waals surface area contributed by atoms with E-state index in [0.717, 1.165) is 9.88 Å². The Balaban J connectivity index is 2.57. The number of nitrogens with zero attached hydrogens (tertiary/aromatic N) is 2. The van der Waals surface area contributed by atoms with Gasteiger partial charge in [0.25, 0.3) is 0 Å². The standard InChI is InChI=1S/C11H15N3OS/c1-4-11(3,7-12)10(15)14-6-9-13-5-8(2)16-9/h5H,4,6H2,1-3H3,(H,14,15). The van der Waals surface area contributed by atoms with Crippen LogP contribution in [0.2, 0.25) is 0 Å². The molecule has 0 radical (unpaired) electrons. The van der Waals surface area contributed by atoms with E-state index in [0.29, 0.717) is 13.0 Å². The van der Waals surface area contributed by atoms with Crippen molar-refractivity contribution in [1.82, 2.24) is 10.3 Å². The van der Waals surface area contributed by atoms with Crippen LogP contribution in [0.25, 0.3) is 0 Å². The maximum absolute atomic E-state index is 11.8. The molecule has 0 aliphatic rings. The lowest BCUT2D eigenvalue weighted by molar-refractivity contribution is -0.127. The second-order valence-corrected chi connectivity index (χ2v) is 5.16. The third-order valence-electron chi connectivity index (χ3n) is 2.52. The zero-order chi connectivity index (χ0) is 12.2. The number of nitriles is 1. The fourth-order valence-electron chi connectivity index (χ4n) is 1.12. The fourth-order valence-corrected chi connectivity index (χ4v) is 1.85. The summed E-state index contributed by atoms with van der Waals surface area (Å²) < 4.78 is 0. The van der Waals surface area contributed by atoms with Crippen LogP contribution in [0.15, 0.2) is 6.20 Å². The Bertz CT molecular complexity index is 421. The van der Waals surface area contributed by atoms with Gasteiger partial charge in [-0.15, -0.1) is 11.3 Å². The van der Waals surface area contributed by atoms with Crippen molar-refractivity contribution >= 4 is 17.2 Å². The van der Waals surface area contributed by atoms with Crippen molar-refractivity contribution in [2.75, 3.05) is 0 Å². The molecule has 16 heavy (non-hydrogen) atoms. The number of carbonyl (C=O) groups is 1. The summed E-state index contributed by atoms with van der Waals surface area (Å²) in [6.45, 7) is 5.84. The molecule has 0 aromatic carbocycles. The molecule has 0 spiro atoms. The van der Waals surface area contributed by atoms with Gasteiger partial charge in [-0.1, -0.05) is 6.92 Å². The molecule has 0 saturated carbocycles. The molecule has 1 N–H and O–H groups in total. The minimum absolute atomic E-state index is 0.231. The van der Waals surface area contributed by atoms with Crippen LogP contribution in [0.1, 0.15) is 30.2 Å². The van der Waals surface area contributed by atoms with Crippen molar-refractivity contribution in [3.63, 3.8) is 0 Å². The van der Waals surface area contributed by atoms with Crippen molar-refractivity contribution < 1.29 is 4.79 Å². The minimum Gasteiger partial charge on any atom is -0.348 e. The molecule has 1 amide bonds. The van der Waals surface area contributed by atoms with Gasteiger partial charge in [-0.2, -0.15) is 5.26 Å². The summed E-state index contributed by atoms with van der Waals surface area (Å²) in [5, 5.41) is 12.5. The normalized spacial score (nSPS) is 13.9. The van der Waals surface area contributed by atoms with Gasteiger partial charge in [0.1, 0.15) is 10.4 Å². The van der Waals surface area contributed by atoms with E-state index < -0.39 is 5.41 Å². The molecule has 4 nitrogen and oxygen atoms in total. The van der Waals surface area contributed by atoms with E-state index in [1.165, 1.54) is 0 Å². The highest BCUT2D eigenvalue weighted by atomic mass is 32.1. The monoisotopic (exact) mass is 237 g/mol. The largest absolute Gasteiger partial charge is 0.348 e. The molecule has 86 valence electrons. The van der Waals surface area contributed by atoms with Crippen LogP contribution in [0, 0.1) is 23.7 Å². The van der Waals surface area contributed by atoms with E-state index in [1.54, 1.807) is 24.5 Å². The third kappa shape index (κ3) is 2.80. The summed E-state index contributed by atoms with van der Waals surface area (Å²) in [7, 11) is 0. The van der Waals surface area contributed by atoms with Gasteiger partial charge in [0.05, 0.1) is 12.6 Å². The summed E-state index contributed by atoms with van der Waals surface area (Å²) in [6, 6.07) is 2.04. The molecule has 1 aromatic rings. The lowest BCUT2D eigenvalue weighted by atomic mass is 9.88. The molecule has 1 heterocycles. The number of carbonyl (C=O) groups excluding carboxylic acids is 1. The van der Waals surface area contributed by atoms with E-state index in [-0.39, 0.29) is 5.91 Å². The van der Waals surface area contributed by atoms with Crippen molar-refractivity contribution in [2.24, 2.45) is 5.41 Å². The molecule has 1 aromatic heterocycles. The molecule has 1 unspecified atom stereocenters. The third-order valence-corrected chi connectivity index (χ3v) is 3.44. The zero-order valence-electron chi connectivity index (χ0n) is 9.70. The van der Waals surface area contributed by atoms with Gasteiger partial charge < -0.3 is 5.32 Å². The topological polar surface area (TPSA) is 65.8 Å². The highest BCUT2D eigenvalue weighted by Gasteiger charge is 2.30. The number of amides is 1. The summed E-state index contributed by atoms with van der Waals surface area (Å²) in [4.78, 5) is 17.0. The maximum atomic E-state index is 11.8. The predicted molar refractivity (Wildman–Crippen MR) is 62.7 cm³/mol. The first-order valence-corrected chi connectivity index (χ1v) is 5.94. The molecule has 0 fully saturated rings. The number of aryl methyl sites for hydroxylation is 1. The van der Waals surface area contributed by atoms with Gasteiger partial charge in [0, 0.05) is 11.1 Å². The Morgan fingerprint density at radius 1 is 1.75 bits per heavy atom. The summed E-state index contributed by atoms with van der Waals surface area (Å²) in [5.74, 6) is -0.231. The average molecular weight is 237 g/mol. The first-order chi connectivity index (χ1) is 7.51. The van der Waals surface area contributed by atoms with E-state index in [4.69, 9.17) is 5.26 Å². The Labute approximate surface area is 99.3 Å². The van der Waals surface area contributed by atoms with Gasteiger partial charge in [0.15, 0.2) is 0 Å². The summed E-state index contributed by atoms with van der Waals surface area (Å²) in [5.41, 5.74) is -0.938. The molecular weight excluding hydrogens is 222 g/mol. The molecule has 0 aliphatic carbocycles. The van der Waals surface area contributed by atoms with Crippen LogP contribution in [-0.4, -0.2) is 10.9 Å². The molecule has 1 rings (SSSR count). The van der Waals surface area contributed by atoms with Crippen LogP contribution in [-0.2, 0) is 11.3 Å². The second kappa shape index (κ2) is 5.08. The Kier molecular flexibility index (Phi) is 4.02. The smallest absolute Gasteiger partial charge is 0.240 e.